The van der Waals surface area contributed by atoms with Crippen LogP contribution in [0, 0.1) is 6.92 Å². The molecule has 0 amide bonds. The van der Waals surface area contributed by atoms with Gasteiger partial charge in [-0.15, -0.1) is 0 Å². The highest BCUT2D eigenvalue weighted by Crippen LogP contribution is 2.19. The molecule has 0 bridgehead atoms. The van der Waals surface area contributed by atoms with Crippen molar-refractivity contribution in [2.24, 2.45) is 0 Å². The molecule has 0 unspecified atom stereocenters. The van der Waals surface area contributed by atoms with Gasteiger partial charge in [-0.2, -0.15) is 0 Å². The molecule has 2 aromatic rings. The zero-order valence-corrected chi connectivity index (χ0v) is 8.27. The lowest BCUT2D eigenvalue weighted by atomic mass is 10.1. The van der Waals surface area contributed by atoms with Gasteiger partial charge in [0, 0.05) is 29.4 Å². The van der Waals surface area contributed by atoms with Crippen molar-refractivity contribution >= 4 is 16.7 Å². The second-order valence-corrected chi connectivity index (χ2v) is 3.38. The average Bonchev–Trinajstić information content (AvgIpc) is 2.17. The topological polar surface area (TPSA) is 63.1 Å². The highest BCUT2D eigenvalue weighted by atomic mass is 16.4. The smallest absolute Gasteiger partial charge is 0.309 e. The fourth-order valence-corrected chi connectivity index (χ4v) is 1.66. The van der Waals surface area contributed by atoms with E-state index in [-0.39, 0.29) is 6.42 Å². The number of fused-ring (bicyclic) bond motifs is 1. The summed E-state index contributed by atoms with van der Waals surface area (Å²) in [4.78, 5) is 18.8. The lowest BCUT2D eigenvalue weighted by Gasteiger charge is -2.05. The molecule has 0 atom stereocenters. The average molecular weight is 202 g/mol. The standard InChI is InChI=1S/C11H10N2O2/c1-7-5-12-6-8-2-3-13-9(11(7)8)4-10(14)15/h2-3,5-6H,4H2,1H3,(H,14,15). The van der Waals surface area contributed by atoms with Crippen molar-refractivity contribution in [3.05, 3.63) is 35.9 Å². The van der Waals surface area contributed by atoms with Gasteiger partial charge >= 0.3 is 5.97 Å². The number of carboxylic acid groups (broad SMARTS) is 1. The molecular formula is C11H10N2O2. The maximum absolute atomic E-state index is 10.7. The molecule has 1 N–H and O–H groups in total. The quantitative estimate of drug-likeness (QED) is 0.802. The maximum atomic E-state index is 10.7. The summed E-state index contributed by atoms with van der Waals surface area (Å²) in [6.45, 7) is 1.91. The lowest BCUT2D eigenvalue weighted by Crippen LogP contribution is -2.03. The van der Waals surface area contributed by atoms with Gasteiger partial charge < -0.3 is 5.11 Å². The van der Waals surface area contributed by atoms with E-state index in [0.717, 1.165) is 16.3 Å². The third kappa shape index (κ3) is 1.79. The predicted molar refractivity (Wildman–Crippen MR) is 55.6 cm³/mol. The number of aromatic nitrogens is 2. The van der Waals surface area contributed by atoms with Crippen LogP contribution in [0.4, 0.5) is 0 Å². The van der Waals surface area contributed by atoms with E-state index in [9.17, 15) is 4.79 Å². The molecular weight excluding hydrogens is 192 g/mol. The Morgan fingerprint density at radius 1 is 1.47 bits per heavy atom. The lowest BCUT2D eigenvalue weighted by molar-refractivity contribution is -0.136. The molecule has 0 aliphatic carbocycles. The number of rotatable bonds is 2. The summed E-state index contributed by atoms with van der Waals surface area (Å²) >= 11 is 0. The van der Waals surface area contributed by atoms with Crippen LogP contribution < -0.4 is 0 Å². The van der Waals surface area contributed by atoms with Gasteiger partial charge in [0.25, 0.3) is 0 Å². The van der Waals surface area contributed by atoms with Crippen LogP contribution >= 0.6 is 0 Å². The molecule has 4 nitrogen and oxygen atoms in total. The highest BCUT2D eigenvalue weighted by molar-refractivity contribution is 5.89. The minimum Gasteiger partial charge on any atom is -0.481 e. The Morgan fingerprint density at radius 2 is 2.27 bits per heavy atom. The summed E-state index contributed by atoms with van der Waals surface area (Å²) < 4.78 is 0. The van der Waals surface area contributed by atoms with Crippen molar-refractivity contribution in [3.8, 4) is 0 Å². The molecule has 76 valence electrons. The number of hydrogen-bond acceptors (Lipinski definition) is 3. The van der Waals surface area contributed by atoms with Gasteiger partial charge in [-0.25, -0.2) is 0 Å². The number of pyridine rings is 2. The molecule has 0 saturated heterocycles. The van der Waals surface area contributed by atoms with Crippen molar-refractivity contribution in [3.63, 3.8) is 0 Å². The summed E-state index contributed by atoms with van der Waals surface area (Å²) in [5.41, 5.74) is 1.55. The van der Waals surface area contributed by atoms with Gasteiger partial charge in [-0.05, 0) is 18.6 Å². The summed E-state index contributed by atoms with van der Waals surface area (Å²) in [5.74, 6) is -0.869. The van der Waals surface area contributed by atoms with Crippen LogP contribution in [0.2, 0.25) is 0 Å². The number of carbonyl (C=O) groups is 1. The van der Waals surface area contributed by atoms with Gasteiger partial charge in [-0.1, -0.05) is 0 Å². The predicted octanol–water partition coefficient (Wildman–Crippen LogP) is 1.57. The Balaban J connectivity index is 2.68. The third-order valence-corrected chi connectivity index (χ3v) is 2.26. The van der Waals surface area contributed by atoms with Gasteiger partial charge in [0.15, 0.2) is 0 Å². The van der Waals surface area contributed by atoms with Crippen LogP contribution in [0.15, 0.2) is 24.7 Å². The zero-order valence-electron chi connectivity index (χ0n) is 8.27. The van der Waals surface area contributed by atoms with E-state index in [0.29, 0.717) is 5.69 Å². The number of aryl methyl sites for hydroxylation is 1. The first-order valence-corrected chi connectivity index (χ1v) is 4.58. The minimum atomic E-state index is -0.869. The van der Waals surface area contributed by atoms with Gasteiger partial charge in [0.2, 0.25) is 0 Å². The van der Waals surface area contributed by atoms with Crippen LogP contribution in [-0.4, -0.2) is 21.0 Å². The largest absolute Gasteiger partial charge is 0.481 e. The van der Waals surface area contributed by atoms with Crippen molar-refractivity contribution in [2.75, 3.05) is 0 Å². The fourth-order valence-electron chi connectivity index (χ4n) is 1.66. The SMILES string of the molecule is Cc1cncc2ccnc(CC(=O)O)c12. The minimum absolute atomic E-state index is 0.0534. The monoisotopic (exact) mass is 202 g/mol. The Hall–Kier alpha value is -1.97. The van der Waals surface area contributed by atoms with E-state index in [1.54, 1.807) is 18.6 Å². The van der Waals surface area contributed by atoms with Crippen LogP contribution in [0.3, 0.4) is 0 Å². The first kappa shape index (κ1) is 9.58. The van der Waals surface area contributed by atoms with Gasteiger partial charge in [0.05, 0.1) is 12.1 Å². The number of aliphatic carboxylic acids is 1. The molecule has 15 heavy (non-hydrogen) atoms. The maximum Gasteiger partial charge on any atom is 0.309 e. The van der Waals surface area contributed by atoms with Crippen molar-refractivity contribution in [1.82, 2.24) is 9.97 Å². The molecule has 0 spiro atoms. The number of hydrogen-bond donors (Lipinski definition) is 1. The summed E-state index contributed by atoms with van der Waals surface area (Å²) in [6.07, 6.45) is 4.99. The summed E-state index contributed by atoms with van der Waals surface area (Å²) in [5, 5.41) is 10.6. The van der Waals surface area contributed by atoms with Crippen LogP contribution in [-0.2, 0) is 11.2 Å². The number of carboxylic acids is 1. The Labute approximate surface area is 86.6 Å². The molecule has 0 radical (unpaired) electrons. The molecule has 4 heteroatoms. The van der Waals surface area contributed by atoms with E-state index in [1.807, 2.05) is 13.0 Å². The second-order valence-electron chi connectivity index (χ2n) is 3.38. The molecule has 2 heterocycles. The third-order valence-electron chi connectivity index (χ3n) is 2.26. The normalized spacial score (nSPS) is 10.5. The highest BCUT2D eigenvalue weighted by Gasteiger charge is 2.08. The molecule has 0 aliphatic rings. The first-order valence-electron chi connectivity index (χ1n) is 4.58. The number of nitrogens with zero attached hydrogens (tertiary/aromatic N) is 2. The van der Waals surface area contributed by atoms with Crippen molar-refractivity contribution in [1.29, 1.82) is 0 Å². The Morgan fingerprint density at radius 3 is 3.00 bits per heavy atom. The molecule has 0 aliphatic heterocycles. The second kappa shape index (κ2) is 3.65. The van der Waals surface area contributed by atoms with Gasteiger partial charge in [-0.3, -0.25) is 14.8 Å². The molecule has 0 saturated carbocycles. The van der Waals surface area contributed by atoms with E-state index in [2.05, 4.69) is 9.97 Å². The van der Waals surface area contributed by atoms with E-state index < -0.39 is 5.97 Å². The van der Waals surface area contributed by atoms with E-state index in [4.69, 9.17) is 5.11 Å². The molecule has 2 rings (SSSR count). The van der Waals surface area contributed by atoms with Crippen molar-refractivity contribution < 1.29 is 9.90 Å². The zero-order chi connectivity index (χ0) is 10.8. The molecule has 0 fully saturated rings. The van der Waals surface area contributed by atoms with Crippen LogP contribution in [0.5, 0.6) is 0 Å². The van der Waals surface area contributed by atoms with Gasteiger partial charge in [0.1, 0.15) is 0 Å². The molecule has 0 aromatic carbocycles. The Bertz CT molecular complexity index is 518. The first-order chi connectivity index (χ1) is 7.18. The Kier molecular flexibility index (Phi) is 2.33. The van der Waals surface area contributed by atoms with E-state index in [1.165, 1.54) is 0 Å². The van der Waals surface area contributed by atoms with Crippen molar-refractivity contribution in [2.45, 2.75) is 13.3 Å². The summed E-state index contributed by atoms with van der Waals surface area (Å²) in [7, 11) is 0. The van der Waals surface area contributed by atoms with E-state index >= 15 is 0 Å². The summed E-state index contributed by atoms with van der Waals surface area (Å²) in [6, 6.07) is 1.83. The molecule has 2 aromatic heterocycles. The fraction of sp³-hybridized carbons (Fsp3) is 0.182. The van der Waals surface area contributed by atoms with Crippen LogP contribution in [0.25, 0.3) is 10.8 Å². The van der Waals surface area contributed by atoms with Crippen LogP contribution in [0.1, 0.15) is 11.3 Å².